The van der Waals surface area contributed by atoms with E-state index >= 15 is 0 Å². The molecule has 2 saturated heterocycles. The number of carbonyl (C=O) groups is 2. The van der Waals surface area contributed by atoms with Gasteiger partial charge in [0.1, 0.15) is 0 Å². The maximum Gasteiger partial charge on any atom is 0.242 e. The van der Waals surface area contributed by atoms with Crippen LogP contribution in [0.15, 0.2) is 48.7 Å². The molecule has 31 heavy (non-hydrogen) atoms. The van der Waals surface area contributed by atoms with Crippen LogP contribution >= 0.6 is 0 Å². The Hall–Kier alpha value is -3.17. The van der Waals surface area contributed by atoms with Crippen LogP contribution in [0.3, 0.4) is 0 Å². The molecule has 1 aromatic heterocycles. The van der Waals surface area contributed by atoms with Gasteiger partial charge in [0.05, 0.1) is 31.7 Å². The predicted molar refractivity (Wildman–Crippen MR) is 115 cm³/mol. The Morgan fingerprint density at radius 1 is 1.16 bits per heavy atom. The van der Waals surface area contributed by atoms with Gasteiger partial charge in [-0.1, -0.05) is 30.0 Å². The van der Waals surface area contributed by atoms with Gasteiger partial charge in [0.25, 0.3) is 0 Å². The molecule has 1 aliphatic carbocycles. The first kappa shape index (κ1) is 19.8. The van der Waals surface area contributed by atoms with Gasteiger partial charge < -0.3 is 14.9 Å². The van der Waals surface area contributed by atoms with Crippen molar-refractivity contribution in [3.63, 3.8) is 0 Å². The van der Waals surface area contributed by atoms with Crippen molar-refractivity contribution in [3.05, 3.63) is 65.5 Å². The summed E-state index contributed by atoms with van der Waals surface area (Å²) >= 11 is 0. The molecular weight excluding hydrogens is 390 g/mol. The first-order chi connectivity index (χ1) is 15.1. The Morgan fingerprint density at radius 2 is 1.97 bits per heavy atom. The van der Waals surface area contributed by atoms with Crippen molar-refractivity contribution in [1.29, 1.82) is 0 Å². The van der Waals surface area contributed by atoms with E-state index in [0.717, 1.165) is 11.1 Å². The lowest BCUT2D eigenvalue weighted by Gasteiger charge is -2.58. The average molecular weight is 415 g/mol. The molecule has 0 spiro atoms. The summed E-state index contributed by atoms with van der Waals surface area (Å²) in [7, 11) is 0. The second kappa shape index (κ2) is 8.16. The molecule has 6 nitrogen and oxygen atoms in total. The Labute approximate surface area is 181 Å². The lowest BCUT2D eigenvalue weighted by molar-refractivity contribution is -0.166. The zero-order chi connectivity index (χ0) is 21.4. The highest BCUT2D eigenvalue weighted by Gasteiger charge is 2.54. The Kier molecular flexibility index (Phi) is 5.21. The molecule has 0 bridgehead atoms. The number of amides is 2. The zero-order valence-electron chi connectivity index (χ0n) is 17.3. The average Bonchev–Trinajstić information content (AvgIpc) is 3.60. The zero-order valence-corrected chi connectivity index (χ0v) is 17.3. The number of aliphatic hydroxyl groups excluding tert-OH is 1. The van der Waals surface area contributed by atoms with E-state index in [1.54, 1.807) is 16.0 Å². The highest BCUT2D eigenvalue weighted by molar-refractivity contribution is 5.88. The van der Waals surface area contributed by atoms with Gasteiger partial charge in [-0.15, -0.1) is 0 Å². The summed E-state index contributed by atoms with van der Waals surface area (Å²) in [4.78, 5) is 33.2. The van der Waals surface area contributed by atoms with Crippen LogP contribution in [0.25, 0.3) is 0 Å². The van der Waals surface area contributed by atoms with Crippen LogP contribution in [0.5, 0.6) is 0 Å². The van der Waals surface area contributed by atoms with Crippen molar-refractivity contribution < 1.29 is 14.7 Å². The summed E-state index contributed by atoms with van der Waals surface area (Å²) in [6, 6.07) is 13.2. The second-order valence-electron chi connectivity index (χ2n) is 8.58. The number of aromatic nitrogens is 1. The van der Waals surface area contributed by atoms with E-state index in [0.29, 0.717) is 18.2 Å². The number of carbonyl (C=O) groups excluding carboxylic acids is 2. The molecule has 3 heterocycles. The van der Waals surface area contributed by atoms with Gasteiger partial charge >= 0.3 is 0 Å². The van der Waals surface area contributed by atoms with Crippen molar-refractivity contribution in [2.75, 3.05) is 19.7 Å². The van der Waals surface area contributed by atoms with Crippen molar-refractivity contribution in [1.82, 2.24) is 14.8 Å². The van der Waals surface area contributed by atoms with E-state index in [4.69, 9.17) is 0 Å². The molecule has 0 radical (unpaired) electrons. The Balaban J connectivity index is 1.31. The van der Waals surface area contributed by atoms with E-state index in [9.17, 15) is 14.7 Å². The Bertz CT molecular complexity index is 1040. The summed E-state index contributed by atoms with van der Waals surface area (Å²) in [6.07, 6.45) is 4.25. The number of hydrogen-bond acceptors (Lipinski definition) is 4. The van der Waals surface area contributed by atoms with Crippen LogP contribution in [0, 0.1) is 17.8 Å². The molecule has 5 rings (SSSR count). The van der Waals surface area contributed by atoms with Crippen molar-refractivity contribution in [2.24, 2.45) is 5.92 Å². The predicted octanol–water partition coefficient (Wildman–Crippen LogP) is 1.58. The highest BCUT2D eigenvalue weighted by Crippen LogP contribution is 2.43. The lowest BCUT2D eigenvalue weighted by atomic mass is 9.73. The minimum Gasteiger partial charge on any atom is -0.394 e. The summed E-state index contributed by atoms with van der Waals surface area (Å²) in [5.41, 5.74) is 2.76. The number of nitrogens with zero attached hydrogens (tertiary/aromatic N) is 3. The van der Waals surface area contributed by atoms with Crippen molar-refractivity contribution in [2.45, 2.75) is 37.3 Å². The molecule has 2 amide bonds. The van der Waals surface area contributed by atoms with Gasteiger partial charge in [-0.2, -0.15) is 0 Å². The van der Waals surface area contributed by atoms with E-state index in [2.05, 4.69) is 16.8 Å². The molecule has 2 aliphatic heterocycles. The van der Waals surface area contributed by atoms with Gasteiger partial charge in [-0.05, 0) is 42.7 Å². The number of hydrogen-bond donors (Lipinski definition) is 1. The van der Waals surface area contributed by atoms with Crippen molar-refractivity contribution >= 4 is 11.8 Å². The van der Waals surface area contributed by atoms with Crippen LogP contribution in [-0.2, 0) is 16.0 Å². The van der Waals surface area contributed by atoms with E-state index in [1.165, 1.54) is 12.8 Å². The quantitative estimate of drug-likeness (QED) is 0.770. The number of rotatable bonds is 4. The molecule has 3 fully saturated rings. The van der Waals surface area contributed by atoms with Crippen LogP contribution in [0.1, 0.15) is 35.6 Å². The molecule has 0 unspecified atom stereocenters. The van der Waals surface area contributed by atoms with E-state index in [1.807, 2.05) is 42.5 Å². The summed E-state index contributed by atoms with van der Waals surface area (Å²) in [6.45, 7) is 0.445. The second-order valence-corrected chi connectivity index (χ2v) is 8.58. The fourth-order valence-electron chi connectivity index (χ4n) is 4.66. The molecule has 158 valence electrons. The molecular formula is C25H25N3O3. The molecule has 1 aromatic carbocycles. The van der Waals surface area contributed by atoms with Crippen molar-refractivity contribution in [3.8, 4) is 11.8 Å². The molecule has 1 N–H and O–H groups in total. The smallest absolute Gasteiger partial charge is 0.242 e. The van der Waals surface area contributed by atoms with E-state index in [-0.39, 0.29) is 49.4 Å². The minimum atomic E-state index is -0.242. The standard InChI is InChI=1S/C25H25N3O3/c29-16-22-25(19-10-8-18(9-11-19)7-6-17-4-5-17)21-14-27(15-24(31)28(21)22)23(30)13-20-3-1-2-12-26-20/h1-3,8-12,17,21-22,25,29H,4-5,13-16H2/t21-,22-,25-/m0/s1. The van der Waals surface area contributed by atoms with Gasteiger partial charge in [0.15, 0.2) is 0 Å². The SMILES string of the molecule is O=C(Cc1ccccn1)N1CC(=O)N2[C@@H](CO)[C@@H](c3ccc(C#CC4CC4)cc3)[C@@H]2C1. The van der Waals surface area contributed by atoms with Gasteiger partial charge in [-0.25, -0.2) is 0 Å². The molecule has 3 atom stereocenters. The van der Waals surface area contributed by atoms with Gasteiger partial charge in [0.2, 0.25) is 11.8 Å². The molecule has 3 aliphatic rings. The Morgan fingerprint density at radius 3 is 2.65 bits per heavy atom. The van der Waals surface area contributed by atoms with Crippen LogP contribution < -0.4 is 0 Å². The number of fused-ring (bicyclic) bond motifs is 1. The van der Waals surface area contributed by atoms with Crippen LogP contribution in [0.2, 0.25) is 0 Å². The normalized spacial score (nSPS) is 24.7. The fourth-order valence-corrected chi connectivity index (χ4v) is 4.66. The van der Waals surface area contributed by atoms with Crippen LogP contribution in [-0.4, -0.2) is 63.5 Å². The minimum absolute atomic E-state index is 0.00448. The van der Waals surface area contributed by atoms with Gasteiger partial charge in [0, 0.05) is 35.8 Å². The third kappa shape index (κ3) is 3.94. The number of piperazine rings is 1. The van der Waals surface area contributed by atoms with Crippen LogP contribution in [0.4, 0.5) is 0 Å². The molecule has 1 saturated carbocycles. The monoisotopic (exact) mass is 415 g/mol. The summed E-state index contributed by atoms with van der Waals surface area (Å²) in [5.74, 6) is 6.85. The topological polar surface area (TPSA) is 73.7 Å². The third-order valence-corrected chi connectivity index (χ3v) is 6.46. The third-order valence-electron chi connectivity index (χ3n) is 6.46. The molecule has 2 aromatic rings. The number of aliphatic hydroxyl groups is 1. The first-order valence-corrected chi connectivity index (χ1v) is 10.9. The molecule has 6 heteroatoms. The van der Waals surface area contributed by atoms with E-state index < -0.39 is 0 Å². The lowest BCUT2D eigenvalue weighted by Crippen LogP contribution is -2.73. The number of pyridine rings is 1. The highest BCUT2D eigenvalue weighted by atomic mass is 16.3. The summed E-state index contributed by atoms with van der Waals surface area (Å²) in [5, 5.41) is 9.95. The van der Waals surface area contributed by atoms with Gasteiger partial charge in [-0.3, -0.25) is 14.6 Å². The summed E-state index contributed by atoms with van der Waals surface area (Å²) < 4.78 is 0. The fraction of sp³-hybridized carbons (Fsp3) is 0.400. The maximum absolute atomic E-state index is 12.8. The number of benzene rings is 1. The maximum atomic E-state index is 12.8. The first-order valence-electron chi connectivity index (χ1n) is 10.9. The largest absolute Gasteiger partial charge is 0.394 e.